The van der Waals surface area contributed by atoms with E-state index in [2.05, 4.69) is 0 Å². The maximum atomic E-state index is 13.4. The summed E-state index contributed by atoms with van der Waals surface area (Å²) in [7, 11) is 0. The van der Waals surface area contributed by atoms with E-state index in [9.17, 15) is 14.7 Å². The monoisotopic (exact) mass is 427 g/mol. The summed E-state index contributed by atoms with van der Waals surface area (Å²) < 4.78 is 1.90. The van der Waals surface area contributed by atoms with Gasteiger partial charge in [0.05, 0.1) is 27.2 Å². The van der Waals surface area contributed by atoms with Crippen molar-refractivity contribution in [2.45, 2.75) is 25.2 Å². The van der Waals surface area contributed by atoms with Gasteiger partial charge in [-0.1, -0.05) is 35.3 Å². The number of halogens is 2. The van der Waals surface area contributed by atoms with Gasteiger partial charge in [-0.3, -0.25) is 9.59 Å². The van der Waals surface area contributed by atoms with Crippen molar-refractivity contribution in [3.05, 3.63) is 75.5 Å². The highest BCUT2D eigenvalue weighted by molar-refractivity contribution is 6.40. The Hall–Kier alpha value is -2.30. The molecule has 2 saturated carbocycles. The number of aromatic nitrogens is 1. The minimum atomic E-state index is -0.679. The molecular weight excluding hydrogens is 409 g/mol. The average molecular weight is 428 g/mol. The topological polar surface area (TPSA) is 58.8 Å². The number of aliphatic carboxylic acids is 1. The average Bonchev–Trinajstić information content (AvgIpc) is 3.39. The van der Waals surface area contributed by atoms with Gasteiger partial charge in [0, 0.05) is 11.7 Å². The maximum Gasteiger partial charge on any atom is 0.306 e. The number of hydrogen-bond donors (Lipinski definition) is 1. The van der Waals surface area contributed by atoms with E-state index in [1.807, 2.05) is 34.9 Å². The fraction of sp³-hybridized carbons (Fsp3) is 0.304. The molecule has 0 aliphatic heterocycles. The highest BCUT2D eigenvalue weighted by Crippen LogP contribution is 2.56. The number of pyridine rings is 1. The van der Waals surface area contributed by atoms with Crippen LogP contribution >= 0.6 is 23.2 Å². The second-order valence-corrected chi connectivity index (χ2v) is 8.96. The predicted molar refractivity (Wildman–Crippen MR) is 112 cm³/mol. The van der Waals surface area contributed by atoms with Crippen LogP contribution in [0.15, 0.2) is 48.7 Å². The lowest BCUT2D eigenvalue weighted by atomic mass is 9.79. The van der Waals surface area contributed by atoms with Crippen LogP contribution in [0.3, 0.4) is 0 Å². The van der Waals surface area contributed by atoms with Crippen LogP contribution in [0.4, 0.5) is 0 Å². The van der Waals surface area contributed by atoms with Gasteiger partial charge in [0.1, 0.15) is 0 Å². The molecule has 0 radical (unpaired) electrons. The zero-order valence-electron chi connectivity index (χ0n) is 15.5. The van der Waals surface area contributed by atoms with Gasteiger partial charge in [0.2, 0.25) is 5.78 Å². The van der Waals surface area contributed by atoms with Gasteiger partial charge in [0.15, 0.2) is 0 Å². The quantitative estimate of drug-likeness (QED) is 0.543. The van der Waals surface area contributed by atoms with E-state index in [1.54, 1.807) is 18.2 Å². The van der Waals surface area contributed by atoms with E-state index in [-0.39, 0.29) is 23.5 Å². The molecule has 0 amide bonds. The van der Waals surface area contributed by atoms with Crippen molar-refractivity contribution < 1.29 is 14.7 Å². The summed E-state index contributed by atoms with van der Waals surface area (Å²) in [6, 6.07) is 12.9. The minimum absolute atomic E-state index is 0.209. The van der Waals surface area contributed by atoms with Crippen molar-refractivity contribution >= 4 is 40.5 Å². The fourth-order valence-corrected chi connectivity index (χ4v) is 6.02. The van der Waals surface area contributed by atoms with Crippen molar-refractivity contribution in [2.75, 3.05) is 0 Å². The molecule has 4 unspecified atom stereocenters. The van der Waals surface area contributed by atoms with Crippen LogP contribution < -0.4 is 0 Å². The maximum absolute atomic E-state index is 13.4. The lowest BCUT2D eigenvalue weighted by Gasteiger charge is -2.25. The van der Waals surface area contributed by atoms with Crippen molar-refractivity contribution in [1.82, 2.24) is 4.40 Å². The summed E-state index contributed by atoms with van der Waals surface area (Å²) in [6.45, 7) is 0. The molecule has 1 N–H and O–H groups in total. The van der Waals surface area contributed by atoms with E-state index in [1.165, 1.54) is 0 Å². The first-order chi connectivity index (χ1) is 14.0. The van der Waals surface area contributed by atoms with Crippen molar-refractivity contribution in [2.24, 2.45) is 17.8 Å². The van der Waals surface area contributed by atoms with E-state index in [0.29, 0.717) is 33.6 Å². The van der Waals surface area contributed by atoms with Gasteiger partial charge in [-0.15, -0.1) is 0 Å². The van der Waals surface area contributed by atoms with Gasteiger partial charge in [-0.2, -0.15) is 0 Å². The molecule has 3 aromatic rings. The third-order valence-electron chi connectivity index (χ3n) is 6.70. The van der Waals surface area contributed by atoms with E-state index < -0.39 is 5.97 Å². The molecule has 0 saturated heterocycles. The lowest BCUT2D eigenvalue weighted by Crippen LogP contribution is -2.23. The Morgan fingerprint density at radius 3 is 2.38 bits per heavy atom. The lowest BCUT2D eigenvalue weighted by molar-refractivity contribution is -0.143. The first-order valence-corrected chi connectivity index (χ1v) is 10.5. The molecule has 148 valence electrons. The van der Waals surface area contributed by atoms with Gasteiger partial charge in [-0.05, 0) is 72.9 Å². The highest BCUT2D eigenvalue weighted by atomic mass is 35.5. The largest absolute Gasteiger partial charge is 0.481 e. The summed E-state index contributed by atoms with van der Waals surface area (Å²) in [4.78, 5) is 24.9. The number of carbonyl (C=O) groups is 2. The third-order valence-corrected chi connectivity index (χ3v) is 7.33. The Kier molecular flexibility index (Phi) is 4.45. The van der Waals surface area contributed by atoms with Gasteiger partial charge in [-0.25, -0.2) is 0 Å². The molecular formula is C23H19Cl2NO3. The number of benzene rings is 1. The number of carbonyl (C=O) groups excluding carboxylic acids is 1. The van der Waals surface area contributed by atoms with Crippen LogP contribution in [0.25, 0.3) is 5.52 Å². The Morgan fingerprint density at radius 2 is 1.72 bits per heavy atom. The Morgan fingerprint density at radius 1 is 0.966 bits per heavy atom. The van der Waals surface area contributed by atoms with Crippen LogP contribution in [-0.2, 0) is 4.79 Å². The number of carboxylic acid groups (broad SMARTS) is 1. The van der Waals surface area contributed by atoms with E-state index in [0.717, 1.165) is 23.9 Å². The van der Waals surface area contributed by atoms with Crippen LogP contribution in [0.5, 0.6) is 0 Å². The molecule has 4 nitrogen and oxygen atoms in total. The minimum Gasteiger partial charge on any atom is -0.481 e. The second-order valence-electron chi connectivity index (χ2n) is 8.15. The molecule has 5 rings (SSSR count). The molecule has 1 aromatic carbocycles. The first-order valence-electron chi connectivity index (χ1n) is 9.77. The Labute approximate surface area is 178 Å². The molecule has 2 aliphatic rings. The number of hydrogen-bond acceptors (Lipinski definition) is 2. The first kappa shape index (κ1) is 18.7. The van der Waals surface area contributed by atoms with Gasteiger partial charge < -0.3 is 9.51 Å². The van der Waals surface area contributed by atoms with E-state index in [4.69, 9.17) is 23.2 Å². The molecule has 0 spiro atoms. The van der Waals surface area contributed by atoms with Crippen molar-refractivity contribution in [3.8, 4) is 0 Å². The zero-order valence-corrected chi connectivity index (χ0v) is 17.0. The van der Waals surface area contributed by atoms with Crippen LogP contribution in [-0.4, -0.2) is 21.3 Å². The van der Waals surface area contributed by atoms with Gasteiger partial charge in [0.25, 0.3) is 0 Å². The summed E-state index contributed by atoms with van der Waals surface area (Å²) >= 11 is 12.6. The molecule has 2 fully saturated rings. The summed E-state index contributed by atoms with van der Waals surface area (Å²) in [6.07, 6.45) is 4.40. The fourth-order valence-electron chi connectivity index (χ4n) is 5.45. The zero-order chi connectivity index (χ0) is 20.3. The normalized spacial score (nSPS) is 25.6. The van der Waals surface area contributed by atoms with Gasteiger partial charge >= 0.3 is 5.97 Å². The summed E-state index contributed by atoms with van der Waals surface area (Å²) in [5.74, 6) is -0.274. The van der Waals surface area contributed by atoms with Crippen LogP contribution in [0.1, 0.15) is 46.8 Å². The third kappa shape index (κ3) is 2.89. The summed E-state index contributed by atoms with van der Waals surface area (Å²) in [5.41, 5.74) is 2.95. The smallest absolute Gasteiger partial charge is 0.306 e. The SMILES string of the molecule is O=C(c1c(Cl)cccc1Cl)c1cc(C2CC3CC2CC3C(=O)O)c2ccccn12. The summed E-state index contributed by atoms with van der Waals surface area (Å²) in [5, 5.41) is 10.1. The molecule has 2 bridgehead atoms. The van der Waals surface area contributed by atoms with Crippen molar-refractivity contribution in [1.29, 1.82) is 0 Å². The van der Waals surface area contributed by atoms with Crippen LogP contribution in [0, 0.1) is 17.8 Å². The van der Waals surface area contributed by atoms with E-state index >= 15 is 0 Å². The number of fused-ring (bicyclic) bond motifs is 3. The predicted octanol–water partition coefficient (Wildman–Crippen LogP) is 5.69. The Balaban J connectivity index is 1.58. The Bertz CT molecular complexity index is 1130. The van der Waals surface area contributed by atoms with Crippen molar-refractivity contribution in [3.63, 3.8) is 0 Å². The molecule has 4 atom stereocenters. The van der Waals surface area contributed by atoms with Crippen LogP contribution in [0.2, 0.25) is 10.0 Å². The number of nitrogens with zero attached hydrogens (tertiary/aromatic N) is 1. The molecule has 2 aromatic heterocycles. The molecule has 29 heavy (non-hydrogen) atoms. The number of carboxylic acids is 1. The number of ketones is 1. The molecule has 6 heteroatoms. The standard InChI is InChI=1S/C23H19Cl2NO3/c24-17-4-3-5-18(25)21(17)22(27)20-11-16(19-6-1-2-7-26(19)20)14-9-13-8-12(14)10-15(13)23(28)29/h1-7,11-15H,8-10H2,(H,28,29). The molecule has 2 heterocycles. The molecule has 2 aliphatic carbocycles. The second kappa shape index (κ2) is 6.89. The highest BCUT2D eigenvalue weighted by Gasteiger charge is 2.49. The number of rotatable bonds is 4.